The van der Waals surface area contributed by atoms with Crippen LogP contribution in [0.2, 0.25) is 0 Å². The van der Waals surface area contributed by atoms with E-state index in [1.54, 1.807) is 48.3 Å². The highest BCUT2D eigenvalue weighted by Crippen LogP contribution is 2.47. The van der Waals surface area contributed by atoms with Gasteiger partial charge in [-0.25, -0.2) is 17.5 Å². The lowest BCUT2D eigenvalue weighted by Gasteiger charge is -2.44. The number of rotatable bonds is 10. The molecule has 3 heterocycles. The van der Waals surface area contributed by atoms with Crippen LogP contribution in [0.1, 0.15) is 24.6 Å². The first-order valence-corrected chi connectivity index (χ1v) is 14.6. The highest BCUT2D eigenvalue weighted by molar-refractivity contribution is 7.89. The number of benzene rings is 1. The van der Waals surface area contributed by atoms with Gasteiger partial charge in [0.05, 0.1) is 42.3 Å². The Hall–Kier alpha value is -4.00. The second-order valence-electron chi connectivity index (χ2n) is 9.96. The summed E-state index contributed by atoms with van der Waals surface area (Å²) in [6.45, 7) is 6.34. The van der Waals surface area contributed by atoms with Crippen LogP contribution in [0.15, 0.2) is 82.2 Å². The molecule has 1 aliphatic carbocycles. The van der Waals surface area contributed by atoms with Crippen molar-refractivity contribution in [2.75, 3.05) is 26.8 Å². The van der Waals surface area contributed by atoms with Crippen LogP contribution in [0, 0.1) is 11.2 Å². The Morgan fingerprint density at radius 3 is 2.73 bits per heavy atom. The van der Waals surface area contributed by atoms with Gasteiger partial charge in [-0.2, -0.15) is 14.5 Å². The van der Waals surface area contributed by atoms with Crippen molar-refractivity contribution in [3.05, 3.63) is 89.4 Å². The van der Waals surface area contributed by atoms with Crippen molar-refractivity contribution < 1.29 is 22.3 Å². The molecule has 1 aliphatic heterocycles. The molecule has 0 radical (unpaired) electrons. The molecule has 2 aliphatic rings. The minimum Gasteiger partial charge on any atom is -0.383 e. The fourth-order valence-corrected chi connectivity index (χ4v) is 6.83. The number of aliphatic imine (C=N–C) groups is 1. The molecular weight excluding hydrogens is 547 g/mol. The first kappa shape index (κ1) is 28.5. The Morgan fingerprint density at radius 1 is 1.24 bits per heavy atom. The van der Waals surface area contributed by atoms with Crippen molar-refractivity contribution in [1.82, 2.24) is 23.9 Å². The third-order valence-corrected chi connectivity index (χ3v) is 9.31. The standard InChI is InChI=1S/C29H31FN6O4S/c1-4-5-6-26(31-2)28(37)29-16-21-17-33-36(24-9-7-23(30)8-10-24)27(21)15-22(29)11-12-35(20-29)41(38,39)25-18-32-34(19-25)13-14-40-3/h4-10,15,17-19H,2,11-14,16,20H2,1,3H3/b5-4-,26-6-/t29-/m0/s1. The van der Waals surface area contributed by atoms with Crippen LogP contribution < -0.4 is 0 Å². The second-order valence-corrected chi connectivity index (χ2v) is 11.9. The monoisotopic (exact) mass is 578 g/mol. The Kier molecular flexibility index (Phi) is 7.98. The van der Waals surface area contributed by atoms with Crippen molar-refractivity contribution in [2.24, 2.45) is 10.4 Å². The third kappa shape index (κ3) is 5.25. The number of Topliss-reactive ketones (excluding diaryl/α,β-unsaturated/α-hetero) is 1. The number of carbonyl (C=O) groups is 1. The van der Waals surface area contributed by atoms with Gasteiger partial charge in [0, 0.05) is 26.4 Å². The van der Waals surface area contributed by atoms with Crippen LogP contribution in [0.5, 0.6) is 0 Å². The molecule has 214 valence electrons. The SMILES string of the molecule is C=N/C(=C\C=C/C)C(=O)[C@]12Cc3cnn(-c4ccc(F)cc4)c3C=C1CCN(S(=O)(=O)c1cnn(CCOC)c1)C2. The summed E-state index contributed by atoms with van der Waals surface area (Å²) in [5, 5.41) is 8.70. The Balaban J connectivity index is 1.57. The summed E-state index contributed by atoms with van der Waals surface area (Å²) in [4.78, 5) is 18.3. The lowest BCUT2D eigenvalue weighted by atomic mass is 9.65. The number of methoxy groups -OCH3 is 1. The number of halogens is 1. The third-order valence-electron chi connectivity index (χ3n) is 7.51. The lowest BCUT2D eigenvalue weighted by molar-refractivity contribution is -0.124. The Morgan fingerprint density at radius 2 is 2.02 bits per heavy atom. The molecule has 3 aromatic rings. The van der Waals surface area contributed by atoms with E-state index in [0.717, 1.165) is 16.8 Å². The summed E-state index contributed by atoms with van der Waals surface area (Å²) in [6, 6.07) is 6.00. The molecule has 1 saturated heterocycles. The maximum Gasteiger partial charge on any atom is 0.246 e. The van der Waals surface area contributed by atoms with Crippen molar-refractivity contribution in [1.29, 1.82) is 0 Å². The normalized spacial score (nSPS) is 19.6. The Bertz CT molecular complexity index is 1670. The van der Waals surface area contributed by atoms with E-state index in [1.165, 1.54) is 33.5 Å². The summed E-state index contributed by atoms with van der Waals surface area (Å²) in [5.74, 6) is -0.666. The number of carbonyl (C=O) groups excluding carboxylic acids is 1. The molecule has 0 unspecified atom stereocenters. The molecule has 0 amide bonds. The van der Waals surface area contributed by atoms with Crippen LogP contribution in [0.4, 0.5) is 4.39 Å². The molecule has 0 bridgehead atoms. The van der Waals surface area contributed by atoms with E-state index in [-0.39, 0.29) is 41.7 Å². The second kappa shape index (κ2) is 11.5. The molecule has 0 spiro atoms. The Labute approximate surface area is 238 Å². The van der Waals surface area contributed by atoms with Crippen LogP contribution >= 0.6 is 0 Å². The fraction of sp³-hybridized carbons (Fsp3) is 0.310. The average molecular weight is 579 g/mol. The minimum absolute atomic E-state index is 0.0517. The summed E-state index contributed by atoms with van der Waals surface area (Å²) >= 11 is 0. The first-order chi connectivity index (χ1) is 19.7. The van der Waals surface area contributed by atoms with Gasteiger partial charge in [0.25, 0.3) is 0 Å². The number of allylic oxidation sites excluding steroid dienone is 4. The topological polar surface area (TPSA) is 112 Å². The zero-order valence-electron chi connectivity index (χ0n) is 22.9. The number of piperidine rings is 1. The predicted octanol–water partition coefficient (Wildman–Crippen LogP) is 3.60. The molecule has 12 heteroatoms. The largest absolute Gasteiger partial charge is 0.383 e. The van der Waals surface area contributed by atoms with Crippen molar-refractivity contribution in [2.45, 2.75) is 31.2 Å². The highest BCUT2D eigenvalue weighted by atomic mass is 32.2. The molecule has 0 saturated carbocycles. The maximum absolute atomic E-state index is 14.2. The number of hydrogen-bond acceptors (Lipinski definition) is 7. The van der Waals surface area contributed by atoms with Gasteiger partial charge in [0.2, 0.25) is 10.0 Å². The molecule has 1 atom stereocenters. The molecule has 1 aromatic carbocycles. The van der Waals surface area contributed by atoms with Crippen LogP contribution in [-0.2, 0) is 32.5 Å². The fourth-order valence-electron chi connectivity index (χ4n) is 5.38. The molecule has 2 aromatic heterocycles. The molecular formula is C29H31FN6O4S. The average Bonchev–Trinajstić information content (AvgIpc) is 3.62. The van der Waals surface area contributed by atoms with Crippen LogP contribution in [-0.4, -0.2) is 71.6 Å². The van der Waals surface area contributed by atoms with Gasteiger partial charge in [0.15, 0.2) is 5.78 Å². The van der Waals surface area contributed by atoms with Gasteiger partial charge in [-0.05, 0) is 68.5 Å². The number of fused-ring (bicyclic) bond motifs is 2. The van der Waals surface area contributed by atoms with Gasteiger partial charge >= 0.3 is 0 Å². The van der Waals surface area contributed by atoms with E-state index in [4.69, 9.17) is 4.74 Å². The van der Waals surface area contributed by atoms with Crippen molar-refractivity contribution >= 4 is 28.6 Å². The highest BCUT2D eigenvalue weighted by Gasteiger charge is 2.51. The first-order valence-electron chi connectivity index (χ1n) is 13.1. The van der Waals surface area contributed by atoms with Crippen molar-refractivity contribution in [3.63, 3.8) is 0 Å². The quantitative estimate of drug-likeness (QED) is 0.207. The van der Waals surface area contributed by atoms with Gasteiger partial charge in [-0.15, -0.1) is 0 Å². The molecule has 41 heavy (non-hydrogen) atoms. The smallest absolute Gasteiger partial charge is 0.246 e. The van der Waals surface area contributed by atoms with Gasteiger partial charge in [-0.3, -0.25) is 14.5 Å². The summed E-state index contributed by atoms with van der Waals surface area (Å²) in [7, 11) is -2.40. The van der Waals surface area contributed by atoms with E-state index < -0.39 is 15.4 Å². The molecule has 10 nitrogen and oxygen atoms in total. The van der Waals surface area contributed by atoms with E-state index in [2.05, 4.69) is 21.9 Å². The van der Waals surface area contributed by atoms with Gasteiger partial charge in [0.1, 0.15) is 16.4 Å². The summed E-state index contributed by atoms with van der Waals surface area (Å²) in [6.07, 6.45) is 12.0. The van der Waals surface area contributed by atoms with Gasteiger partial charge < -0.3 is 4.74 Å². The number of aromatic nitrogens is 4. The maximum atomic E-state index is 14.2. The van der Waals surface area contributed by atoms with Gasteiger partial charge in [-0.1, -0.05) is 17.7 Å². The van der Waals surface area contributed by atoms with E-state index in [1.807, 2.05) is 13.0 Å². The molecule has 5 rings (SSSR count). The number of nitrogens with zero attached hydrogens (tertiary/aromatic N) is 6. The van der Waals surface area contributed by atoms with E-state index >= 15 is 0 Å². The van der Waals surface area contributed by atoms with E-state index in [0.29, 0.717) is 25.3 Å². The van der Waals surface area contributed by atoms with E-state index in [9.17, 15) is 17.6 Å². The molecule has 0 N–H and O–H groups in total. The van der Waals surface area contributed by atoms with Crippen LogP contribution in [0.3, 0.4) is 0 Å². The zero-order valence-corrected chi connectivity index (χ0v) is 23.7. The zero-order chi connectivity index (χ0) is 29.2. The minimum atomic E-state index is -3.96. The number of sulfonamides is 1. The summed E-state index contributed by atoms with van der Waals surface area (Å²) < 4.78 is 50.8. The number of ether oxygens (including phenoxy) is 1. The predicted molar refractivity (Wildman–Crippen MR) is 153 cm³/mol. The lowest BCUT2D eigenvalue weighted by Crippen LogP contribution is -2.53. The van der Waals surface area contributed by atoms with Crippen LogP contribution in [0.25, 0.3) is 11.8 Å². The molecule has 1 fully saturated rings. The van der Waals surface area contributed by atoms with Crippen molar-refractivity contribution in [3.8, 4) is 5.69 Å². The number of hydrogen-bond donors (Lipinski definition) is 0. The number of ketones is 1. The summed E-state index contributed by atoms with van der Waals surface area (Å²) in [5.41, 5.74) is 1.94.